The number of rotatable bonds is 6. The monoisotopic (exact) mass is 295 g/mol. The third-order valence-electron chi connectivity index (χ3n) is 3.19. The lowest BCUT2D eigenvalue weighted by molar-refractivity contribution is 0.258. The van der Waals surface area contributed by atoms with Gasteiger partial charge < -0.3 is 14.6 Å². The summed E-state index contributed by atoms with van der Waals surface area (Å²) in [5, 5.41) is 6.56. The van der Waals surface area contributed by atoms with Crippen LogP contribution in [0.25, 0.3) is 0 Å². The van der Waals surface area contributed by atoms with Crippen molar-refractivity contribution in [2.24, 2.45) is 0 Å². The molecule has 0 atom stereocenters. The quantitative estimate of drug-likeness (QED) is 0.887. The second-order valence-corrected chi connectivity index (χ2v) is 5.03. The fourth-order valence-electron chi connectivity index (χ4n) is 2.02. The van der Waals surface area contributed by atoms with E-state index in [0.717, 1.165) is 12.8 Å². The van der Waals surface area contributed by atoms with Gasteiger partial charge in [-0.2, -0.15) is 4.98 Å². The van der Waals surface area contributed by atoms with Crippen molar-refractivity contribution in [3.8, 4) is 5.75 Å². The van der Waals surface area contributed by atoms with Crippen LogP contribution in [0.15, 0.2) is 16.7 Å². The molecule has 0 saturated heterocycles. The van der Waals surface area contributed by atoms with E-state index in [1.165, 1.54) is 12.1 Å². The minimum absolute atomic E-state index is 0.130. The molecule has 1 saturated carbocycles. The molecule has 1 fully saturated rings. The average Bonchev–Trinajstić information content (AvgIpc) is 3.18. The molecule has 1 aliphatic carbocycles. The summed E-state index contributed by atoms with van der Waals surface area (Å²) in [5.41, 5.74) is 0.510. The maximum Gasteiger partial charge on any atom is 0.229 e. The van der Waals surface area contributed by atoms with Crippen LogP contribution in [0.3, 0.4) is 0 Å². The van der Waals surface area contributed by atoms with Crippen LogP contribution in [0.1, 0.15) is 36.0 Å². The van der Waals surface area contributed by atoms with Crippen molar-refractivity contribution in [2.75, 3.05) is 7.05 Å². The molecule has 0 radical (unpaired) electrons. The Balaban J connectivity index is 1.68. The van der Waals surface area contributed by atoms with E-state index in [-0.39, 0.29) is 12.4 Å². The Morgan fingerprint density at radius 2 is 2.05 bits per heavy atom. The summed E-state index contributed by atoms with van der Waals surface area (Å²) >= 11 is 0. The van der Waals surface area contributed by atoms with Crippen molar-refractivity contribution in [3.05, 3.63) is 41.0 Å². The van der Waals surface area contributed by atoms with E-state index in [2.05, 4.69) is 15.5 Å². The minimum atomic E-state index is -0.744. The second kappa shape index (κ2) is 5.77. The molecular formula is C14H15F2N3O2. The number of ether oxygens (including phenoxy) is 1. The Hall–Kier alpha value is -2.02. The number of benzene rings is 1. The molecule has 0 amide bonds. The highest BCUT2D eigenvalue weighted by molar-refractivity contribution is 5.31. The van der Waals surface area contributed by atoms with Crippen molar-refractivity contribution in [1.82, 2.24) is 15.5 Å². The molecule has 1 N–H and O–H groups in total. The molecule has 0 spiro atoms. The first kappa shape index (κ1) is 13.9. The Morgan fingerprint density at radius 3 is 2.67 bits per heavy atom. The lowest BCUT2D eigenvalue weighted by Crippen LogP contribution is -2.07. The van der Waals surface area contributed by atoms with Gasteiger partial charge in [-0.05, 0) is 37.6 Å². The Morgan fingerprint density at radius 1 is 1.33 bits per heavy atom. The highest BCUT2D eigenvalue weighted by atomic mass is 19.1. The zero-order chi connectivity index (χ0) is 14.8. The number of nitrogens with one attached hydrogen (secondary N) is 1. The molecule has 3 rings (SSSR count). The summed E-state index contributed by atoms with van der Waals surface area (Å²) in [6.45, 7) is 0.249. The summed E-state index contributed by atoms with van der Waals surface area (Å²) in [6.07, 6.45) is 2.08. The van der Waals surface area contributed by atoms with Gasteiger partial charge in [0.05, 0.1) is 0 Å². The largest absolute Gasteiger partial charge is 0.479 e. The molecule has 0 unspecified atom stereocenters. The molecule has 2 aromatic rings. The molecule has 1 aromatic heterocycles. The molecule has 0 bridgehead atoms. The summed E-state index contributed by atoms with van der Waals surface area (Å²) < 4.78 is 37.8. The van der Waals surface area contributed by atoms with Crippen LogP contribution in [0.4, 0.5) is 8.78 Å². The number of aromatic nitrogens is 2. The molecule has 112 valence electrons. The van der Waals surface area contributed by atoms with Gasteiger partial charge in [0.2, 0.25) is 11.7 Å². The molecule has 0 aliphatic heterocycles. The Bertz CT molecular complexity index is 618. The number of hydrogen-bond donors (Lipinski definition) is 1. The Kier molecular flexibility index (Phi) is 3.83. The van der Waals surface area contributed by atoms with E-state index >= 15 is 0 Å². The molecule has 7 heteroatoms. The first-order valence-electron chi connectivity index (χ1n) is 6.75. The van der Waals surface area contributed by atoms with Crippen molar-refractivity contribution >= 4 is 0 Å². The SMILES string of the molecule is CNCc1cc(F)c(OCc2noc(C3CC3)n2)c(F)c1. The maximum absolute atomic E-state index is 13.8. The minimum Gasteiger partial charge on any atom is -0.479 e. The third kappa shape index (κ3) is 3.18. The van der Waals surface area contributed by atoms with Gasteiger partial charge in [-0.15, -0.1) is 0 Å². The van der Waals surface area contributed by atoms with E-state index in [9.17, 15) is 8.78 Å². The smallest absolute Gasteiger partial charge is 0.229 e. The van der Waals surface area contributed by atoms with Crippen LogP contribution in [-0.4, -0.2) is 17.2 Å². The summed E-state index contributed by atoms with van der Waals surface area (Å²) in [5.74, 6) is -0.723. The van der Waals surface area contributed by atoms with E-state index < -0.39 is 17.4 Å². The van der Waals surface area contributed by atoms with Crippen LogP contribution >= 0.6 is 0 Å². The van der Waals surface area contributed by atoms with Gasteiger partial charge >= 0.3 is 0 Å². The van der Waals surface area contributed by atoms with Gasteiger partial charge in [-0.25, -0.2) is 8.78 Å². The number of halogens is 2. The molecule has 1 heterocycles. The molecular weight excluding hydrogens is 280 g/mol. The van der Waals surface area contributed by atoms with Gasteiger partial charge in [0.15, 0.2) is 24.0 Å². The van der Waals surface area contributed by atoms with Crippen LogP contribution in [0, 0.1) is 11.6 Å². The lowest BCUT2D eigenvalue weighted by Gasteiger charge is -2.08. The maximum atomic E-state index is 13.8. The fraction of sp³-hybridized carbons (Fsp3) is 0.429. The predicted octanol–water partition coefficient (Wildman–Crippen LogP) is 2.52. The zero-order valence-electron chi connectivity index (χ0n) is 11.5. The third-order valence-corrected chi connectivity index (χ3v) is 3.19. The van der Waals surface area contributed by atoms with E-state index in [1.807, 2.05) is 0 Å². The molecule has 21 heavy (non-hydrogen) atoms. The van der Waals surface area contributed by atoms with Gasteiger partial charge in [-0.1, -0.05) is 5.16 Å². The first-order chi connectivity index (χ1) is 10.2. The first-order valence-corrected chi connectivity index (χ1v) is 6.75. The van der Waals surface area contributed by atoms with Gasteiger partial charge in [0.1, 0.15) is 0 Å². The van der Waals surface area contributed by atoms with Crippen LogP contribution in [0.2, 0.25) is 0 Å². The van der Waals surface area contributed by atoms with Crippen molar-refractivity contribution in [1.29, 1.82) is 0 Å². The lowest BCUT2D eigenvalue weighted by atomic mass is 10.2. The fourth-order valence-corrected chi connectivity index (χ4v) is 2.02. The van der Waals surface area contributed by atoms with Crippen molar-refractivity contribution in [3.63, 3.8) is 0 Å². The predicted molar refractivity (Wildman–Crippen MR) is 69.7 cm³/mol. The van der Waals surface area contributed by atoms with Gasteiger partial charge in [0.25, 0.3) is 0 Å². The van der Waals surface area contributed by atoms with Crippen molar-refractivity contribution in [2.45, 2.75) is 31.9 Å². The normalized spacial score (nSPS) is 14.4. The number of hydrogen-bond acceptors (Lipinski definition) is 5. The zero-order valence-corrected chi connectivity index (χ0v) is 11.5. The van der Waals surface area contributed by atoms with E-state index in [0.29, 0.717) is 23.9 Å². The second-order valence-electron chi connectivity index (χ2n) is 5.03. The van der Waals surface area contributed by atoms with Crippen LogP contribution < -0.4 is 10.1 Å². The van der Waals surface area contributed by atoms with Gasteiger partial charge in [0, 0.05) is 12.5 Å². The van der Waals surface area contributed by atoms with E-state index in [4.69, 9.17) is 9.26 Å². The summed E-state index contributed by atoms with van der Waals surface area (Å²) in [4.78, 5) is 4.14. The number of nitrogens with zero attached hydrogens (tertiary/aromatic N) is 2. The highest BCUT2D eigenvalue weighted by Crippen LogP contribution is 2.38. The highest BCUT2D eigenvalue weighted by Gasteiger charge is 2.29. The van der Waals surface area contributed by atoms with E-state index in [1.54, 1.807) is 7.05 Å². The molecule has 5 nitrogen and oxygen atoms in total. The topological polar surface area (TPSA) is 60.2 Å². The van der Waals surface area contributed by atoms with Crippen molar-refractivity contribution < 1.29 is 18.0 Å². The summed E-state index contributed by atoms with van der Waals surface area (Å²) in [6, 6.07) is 2.47. The molecule has 1 aliphatic rings. The van der Waals surface area contributed by atoms with Gasteiger partial charge in [-0.3, -0.25) is 0 Å². The van der Waals surface area contributed by atoms with Crippen LogP contribution in [0.5, 0.6) is 5.75 Å². The van der Waals surface area contributed by atoms with Crippen LogP contribution in [-0.2, 0) is 13.2 Å². The average molecular weight is 295 g/mol. The molecule has 1 aromatic carbocycles. The Labute approximate surface area is 120 Å². The summed E-state index contributed by atoms with van der Waals surface area (Å²) in [7, 11) is 1.70. The standard InChI is InChI=1S/C14H15F2N3O2/c1-17-6-8-4-10(15)13(11(16)5-8)20-7-12-18-14(21-19-12)9-2-3-9/h4-5,9,17H,2-3,6-7H2,1H3.